The first kappa shape index (κ1) is 66.5. The predicted octanol–water partition coefficient (Wildman–Crippen LogP) is 15.3. The third-order valence-electron chi connectivity index (χ3n) is 16.8. The van der Waals surface area contributed by atoms with Crippen molar-refractivity contribution in [3.63, 3.8) is 0 Å². The smallest absolute Gasteiger partial charge is 0.339 e. The van der Waals surface area contributed by atoms with E-state index in [9.17, 15) is 35.1 Å². The molecule has 0 fully saturated rings. The number of hydrogen-bond acceptors (Lipinski definition) is 9. The lowest BCUT2D eigenvalue weighted by atomic mass is 9.69. The molecular formula is C70H94O10. The molecular weight excluding hydrogens is 1000 g/mol. The lowest BCUT2D eigenvalue weighted by Crippen LogP contribution is -2.27. The van der Waals surface area contributed by atoms with Gasteiger partial charge >= 0.3 is 11.9 Å². The molecule has 0 aliphatic carbocycles. The van der Waals surface area contributed by atoms with Crippen LogP contribution in [0.25, 0.3) is 22.3 Å². The molecule has 0 spiro atoms. The van der Waals surface area contributed by atoms with Gasteiger partial charge in [0.2, 0.25) is 0 Å². The number of esters is 1. The number of aliphatic hydroxyl groups excluding tert-OH is 4. The van der Waals surface area contributed by atoms with Gasteiger partial charge in [-0.05, 0) is 191 Å². The number of hydrogen-bond donors (Lipinski definition) is 6. The van der Waals surface area contributed by atoms with Gasteiger partial charge in [-0.1, -0.05) is 178 Å². The number of benzene rings is 6. The fourth-order valence-electron chi connectivity index (χ4n) is 11.2. The summed E-state index contributed by atoms with van der Waals surface area (Å²) < 4.78 is 4.71. The van der Waals surface area contributed by atoms with Gasteiger partial charge in [0.25, 0.3) is 0 Å². The molecule has 10 heteroatoms. The van der Waals surface area contributed by atoms with E-state index >= 15 is 0 Å². The molecule has 0 saturated heterocycles. The second kappa shape index (κ2) is 29.1. The monoisotopic (exact) mass is 1090 g/mol. The highest BCUT2D eigenvalue weighted by atomic mass is 17.1. The molecule has 6 N–H and O–H groups in total. The maximum absolute atomic E-state index is 11.9. The number of ether oxygens (including phenoxy) is 1. The number of carbonyl (C=O) groups excluding carboxylic acids is 1. The third-order valence-corrected chi connectivity index (χ3v) is 16.8. The van der Waals surface area contributed by atoms with Crippen molar-refractivity contribution >= 4 is 11.9 Å². The van der Waals surface area contributed by atoms with E-state index in [4.69, 9.17) is 9.99 Å². The number of methoxy groups -OCH3 is 1. The summed E-state index contributed by atoms with van der Waals surface area (Å²) in [6.07, 6.45) is 3.62. The van der Waals surface area contributed by atoms with E-state index in [1.54, 1.807) is 24.3 Å². The molecule has 434 valence electrons. The Hall–Kier alpha value is -5.98. The van der Waals surface area contributed by atoms with E-state index in [0.29, 0.717) is 11.1 Å². The Balaban J connectivity index is 0.000000328. The largest absolute Gasteiger partial charge is 0.479 e. The Morgan fingerprint density at radius 2 is 0.800 bits per heavy atom. The fraction of sp³-hybridized carbons (Fsp3) is 0.457. The van der Waals surface area contributed by atoms with Gasteiger partial charge in [-0.15, -0.1) is 0 Å². The van der Waals surface area contributed by atoms with Gasteiger partial charge in [0.15, 0.2) is 12.2 Å². The molecule has 6 aromatic carbocycles. The van der Waals surface area contributed by atoms with Gasteiger partial charge in [0, 0.05) is 10.8 Å². The second-order valence-electron chi connectivity index (χ2n) is 23.9. The Morgan fingerprint density at radius 3 is 1.09 bits per heavy atom. The van der Waals surface area contributed by atoms with Crippen molar-refractivity contribution in [3.05, 3.63) is 188 Å². The van der Waals surface area contributed by atoms with Gasteiger partial charge in [0.05, 0.1) is 26.4 Å². The summed E-state index contributed by atoms with van der Waals surface area (Å²) in [5.74, 6) is -1.92. The van der Waals surface area contributed by atoms with Crippen molar-refractivity contribution < 1.29 is 50.0 Å². The van der Waals surface area contributed by atoms with E-state index in [0.717, 1.165) is 84.7 Å². The van der Waals surface area contributed by atoms with Crippen LogP contribution in [0.5, 0.6) is 0 Å². The van der Waals surface area contributed by atoms with Gasteiger partial charge in [-0.25, -0.2) is 14.5 Å². The molecule has 0 aromatic heterocycles. The van der Waals surface area contributed by atoms with Crippen LogP contribution in [0.4, 0.5) is 0 Å². The predicted molar refractivity (Wildman–Crippen MR) is 325 cm³/mol. The minimum absolute atomic E-state index is 0.111. The number of aryl methyl sites for hydroxylation is 6. The highest BCUT2D eigenvalue weighted by Crippen LogP contribution is 2.43. The maximum atomic E-state index is 11.9. The van der Waals surface area contributed by atoms with Crippen LogP contribution in [0.3, 0.4) is 0 Å². The number of aliphatic carboxylic acids is 1. The van der Waals surface area contributed by atoms with Crippen molar-refractivity contribution in [2.24, 2.45) is 10.8 Å². The van der Waals surface area contributed by atoms with E-state index in [2.05, 4.69) is 175 Å². The highest BCUT2D eigenvalue weighted by molar-refractivity contribution is 5.78. The molecule has 2 unspecified atom stereocenters. The molecule has 6 aromatic rings. The van der Waals surface area contributed by atoms with E-state index in [1.165, 1.54) is 58.7 Å². The van der Waals surface area contributed by atoms with Crippen LogP contribution in [-0.4, -0.2) is 69.2 Å². The Kier molecular flexibility index (Phi) is 24.2. The molecule has 6 rings (SSSR count). The number of rotatable bonds is 20. The molecule has 0 amide bonds. The minimum atomic E-state index is -1.54. The summed E-state index contributed by atoms with van der Waals surface area (Å²) in [5.41, 5.74) is 16.9. The number of carboxylic acids is 1. The quantitative estimate of drug-likeness (QED) is 0.0245. The number of carboxylic acid groups (broad SMARTS) is 1. The van der Waals surface area contributed by atoms with Crippen LogP contribution in [-0.2, 0) is 42.9 Å². The topological polar surface area (TPSA) is 174 Å². The molecule has 10 nitrogen and oxygen atoms in total. The maximum Gasteiger partial charge on any atom is 0.339 e. The third kappa shape index (κ3) is 16.1. The summed E-state index contributed by atoms with van der Waals surface area (Å²) >= 11 is 0. The zero-order chi connectivity index (χ0) is 59.9. The average molecular weight is 1100 g/mol. The molecule has 0 bridgehead atoms. The Morgan fingerprint density at radius 1 is 0.475 bits per heavy atom. The van der Waals surface area contributed by atoms with Gasteiger partial charge < -0.3 is 30.3 Å². The Labute approximate surface area is 478 Å². The van der Waals surface area contributed by atoms with Crippen LogP contribution in [0, 0.1) is 38.5 Å². The Bertz CT molecular complexity index is 2970. The molecule has 0 saturated carbocycles. The normalized spacial score (nSPS) is 13.5. The molecule has 0 aliphatic heterocycles. The number of aliphatic hydroxyl groups is 4. The summed E-state index contributed by atoms with van der Waals surface area (Å²) in [4.78, 5) is 26.4. The van der Waals surface area contributed by atoms with Crippen LogP contribution in [0.15, 0.2) is 121 Å². The first-order valence-electron chi connectivity index (χ1n) is 28.5. The van der Waals surface area contributed by atoms with Crippen LogP contribution >= 0.6 is 0 Å². The molecule has 0 heterocycles. The van der Waals surface area contributed by atoms with E-state index in [1.807, 2.05) is 24.3 Å². The van der Waals surface area contributed by atoms with Gasteiger partial charge in [-0.2, -0.15) is 0 Å². The van der Waals surface area contributed by atoms with E-state index in [-0.39, 0.29) is 33.9 Å². The number of carbonyl (C=O) groups is 2. The summed E-state index contributed by atoms with van der Waals surface area (Å²) in [7, 11) is 2.46. The summed E-state index contributed by atoms with van der Waals surface area (Å²) in [5, 5.41) is 57.6. The lowest BCUT2D eigenvalue weighted by Gasteiger charge is -2.34. The van der Waals surface area contributed by atoms with Crippen molar-refractivity contribution in [1.29, 1.82) is 0 Å². The molecule has 0 radical (unpaired) electrons. The summed E-state index contributed by atoms with van der Waals surface area (Å²) in [6, 6.07) is 41.5. The standard InChI is InChI=1S/C35H46O4.C34H44O4.CH4O2/c1-9-35(10-2,28-16-14-25(23(3)20-28)15-19-31(36)34(5,6)7)29-17-18-30(24(4)21-29)26-12-11-13-27(22-26)32(37)33(38)39-8;1-8-34(9-2,27-15-13-24(22(3)19-27)14-18-30(35)33(5,6)7)28-16-17-29(23(4)20-28)25-11-10-12-26(21-25)31(36)32(37)38;1-3-2/h11-14,16-18,20-22,31-32,36-37H,9-10,15,19H2,1-8H3;10-13,15-17,19-21,30-31,35-36H,8-9,14,18H2,1-7H3,(H,37,38);2H,1H3/t31?,32-;30?,31-;/m11./s1. The zero-order valence-electron chi connectivity index (χ0n) is 50.8. The van der Waals surface area contributed by atoms with Crippen LogP contribution < -0.4 is 0 Å². The highest BCUT2D eigenvalue weighted by Gasteiger charge is 2.34. The lowest BCUT2D eigenvalue weighted by molar-refractivity contribution is -0.214. The summed E-state index contributed by atoms with van der Waals surface area (Å²) in [6.45, 7) is 30.0. The van der Waals surface area contributed by atoms with Crippen molar-refractivity contribution in [2.75, 3.05) is 14.2 Å². The molecule has 0 aliphatic rings. The SMILES string of the molecule is CCC(CC)(c1ccc(CCC(O)C(C)(C)C)c(C)c1)c1ccc(-c2cccc([C@@H](O)C(=O)O)c2)c(C)c1.CCC(CC)(c1ccc(CCC(O)C(C)(C)C)c(C)c1)c1ccc(-c2cccc([C@@H](O)C(=O)OC)c2)c(C)c1.COO. The molecule has 4 atom stereocenters. The zero-order valence-corrected chi connectivity index (χ0v) is 50.8. The van der Waals surface area contributed by atoms with Crippen molar-refractivity contribution in [3.8, 4) is 22.3 Å². The van der Waals surface area contributed by atoms with Crippen molar-refractivity contribution in [2.45, 2.75) is 184 Å². The van der Waals surface area contributed by atoms with Crippen LogP contribution in [0.2, 0.25) is 0 Å². The fourth-order valence-corrected chi connectivity index (χ4v) is 11.2. The van der Waals surface area contributed by atoms with Gasteiger partial charge in [0.1, 0.15) is 0 Å². The first-order chi connectivity index (χ1) is 37.6. The average Bonchev–Trinajstić information content (AvgIpc) is 3.60. The minimum Gasteiger partial charge on any atom is -0.479 e. The van der Waals surface area contributed by atoms with E-state index < -0.39 is 24.1 Å². The first-order valence-corrected chi connectivity index (χ1v) is 28.5. The van der Waals surface area contributed by atoms with Crippen molar-refractivity contribution in [1.82, 2.24) is 0 Å². The van der Waals surface area contributed by atoms with Crippen LogP contribution in [0.1, 0.15) is 187 Å². The molecule has 80 heavy (non-hydrogen) atoms. The van der Waals surface area contributed by atoms with Gasteiger partial charge in [-0.3, -0.25) is 5.26 Å². The second-order valence-corrected chi connectivity index (χ2v) is 23.9.